The van der Waals surface area contributed by atoms with Gasteiger partial charge in [-0.2, -0.15) is 0 Å². The smallest absolute Gasteiger partial charge is 0.246 e. The second-order valence-corrected chi connectivity index (χ2v) is 22.1. The van der Waals surface area contributed by atoms with E-state index in [-0.39, 0.29) is 16.0 Å². The summed E-state index contributed by atoms with van der Waals surface area (Å²) in [5.41, 5.74) is 6.28. The Morgan fingerprint density at radius 2 is 1.53 bits per heavy atom. The lowest BCUT2D eigenvalue weighted by molar-refractivity contribution is -0.144. The van der Waals surface area contributed by atoms with Gasteiger partial charge in [-0.3, -0.25) is 47.4 Å². The summed E-state index contributed by atoms with van der Waals surface area (Å²) < 4.78 is 21.1. The van der Waals surface area contributed by atoms with Crippen molar-refractivity contribution in [1.29, 1.82) is 0 Å². The molecule has 25 heteroatoms. The molecule has 0 aliphatic carbocycles. The molecule has 410 valence electrons. The van der Waals surface area contributed by atoms with E-state index in [0.717, 1.165) is 37.0 Å². The number of carbonyl (C=O) groups is 9. The quantitative estimate of drug-likeness (QED) is 0.0890. The van der Waals surface area contributed by atoms with Crippen molar-refractivity contribution in [2.24, 2.45) is 23.0 Å². The van der Waals surface area contributed by atoms with Gasteiger partial charge in [-0.25, -0.2) is 0 Å². The first kappa shape index (κ1) is 58.7. The second kappa shape index (κ2) is 26.3. The van der Waals surface area contributed by atoms with Gasteiger partial charge in [0.2, 0.25) is 53.2 Å². The first-order valence-electron chi connectivity index (χ1n) is 25.2. The van der Waals surface area contributed by atoms with Crippen LogP contribution in [0.2, 0.25) is 0 Å². The Kier molecular flexibility index (Phi) is 20.9. The van der Waals surface area contributed by atoms with Crippen molar-refractivity contribution in [2.75, 3.05) is 38.6 Å². The molecule has 1 aromatic carbocycles. The fraction of sp³-hybridized carbons (Fsp3) is 0.653. The minimum Gasteiger partial charge on any atom is -0.494 e. The summed E-state index contributed by atoms with van der Waals surface area (Å²) in [6, 6.07) is -4.95. The summed E-state index contributed by atoms with van der Waals surface area (Å²) in [5.74, 6) is -11.1. The number of carbonyl (C=O) groups excluding carboxylic acids is 9. The number of aliphatic hydroxyl groups excluding tert-OH is 3. The molecule has 3 aliphatic rings. The number of benzene rings is 1. The van der Waals surface area contributed by atoms with Crippen LogP contribution in [0.1, 0.15) is 98.5 Å². The SMILES string of the molecule is CC[C@H](C)[C@@H]1NC(=O)CNC(=O)[C@@H]2Cc3c([nH]c4cc(OCCCCCCC(C)(C)C)ccc34)S(=O)C[C@H](NC(=O)CNC1=O)C(=O)N[C@@H](CC(N)=O)C(=O)N1C[C@H](O)C[C@H]1C(=O)N[C@@H]([C@@H](C)[C@@H](O)CO)C(=O)N2. The lowest BCUT2D eigenvalue weighted by Gasteiger charge is -2.32. The van der Waals surface area contributed by atoms with Crippen LogP contribution in [0.15, 0.2) is 23.2 Å². The molecule has 2 bridgehead atoms. The van der Waals surface area contributed by atoms with Gasteiger partial charge in [0.05, 0.1) is 67.0 Å². The average Bonchev–Trinajstić information content (AvgIpc) is 3.92. The number of aliphatic hydroxyl groups is 3. The molecule has 9 amide bonds. The fourth-order valence-electron chi connectivity index (χ4n) is 9.08. The number of aromatic nitrogens is 1. The molecule has 3 aliphatic heterocycles. The van der Waals surface area contributed by atoms with Gasteiger partial charge in [-0.1, -0.05) is 67.2 Å². The van der Waals surface area contributed by atoms with Gasteiger partial charge in [0.1, 0.15) is 47.0 Å². The summed E-state index contributed by atoms with van der Waals surface area (Å²) in [5, 5.41) is 49.4. The zero-order chi connectivity index (χ0) is 54.6. The molecule has 1 unspecified atom stereocenters. The Hall–Kier alpha value is -6.18. The van der Waals surface area contributed by atoms with Crippen LogP contribution >= 0.6 is 0 Å². The summed E-state index contributed by atoms with van der Waals surface area (Å²) in [6.45, 7) is 8.83. The molecule has 2 aromatic rings. The highest BCUT2D eigenvalue weighted by Crippen LogP contribution is 2.31. The fourth-order valence-corrected chi connectivity index (χ4v) is 10.5. The van der Waals surface area contributed by atoms with Crippen molar-refractivity contribution in [1.82, 2.24) is 47.1 Å². The van der Waals surface area contributed by atoms with Crippen LogP contribution < -0.4 is 47.7 Å². The lowest BCUT2D eigenvalue weighted by atomic mass is 9.89. The second-order valence-electron chi connectivity index (χ2n) is 20.7. The van der Waals surface area contributed by atoms with E-state index >= 15 is 0 Å². The van der Waals surface area contributed by atoms with E-state index in [1.54, 1.807) is 32.0 Å². The summed E-state index contributed by atoms with van der Waals surface area (Å²) in [6.07, 6.45) is 0.544. The van der Waals surface area contributed by atoms with E-state index in [2.05, 4.69) is 63.0 Å². The van der Waals surface area contributed by atoms with E-state index < -0.39 is 176 Å². The maximum atomic E-state index is 15.0. The van der Waals surface area contributed by atoms with Crippen molar-refractivity contribution in [3.05, 3.63) is 23.8 Å². The van der Waals surface area contributed by atoms with E-state index in [4.69, 9.17) is 10.5 Å². The third-order valence-electron chi connectivity index (χ3n) is 13.6. The predicted octanol–water partition coefficient (Wildman–Crippen LogP) is -2.25. The number of hydrogen-bond acceptors (Lipinski definition) is 14. The van der Waals surface area contributed by atoms with Crippen LogP contribution in [0.4, 0.5) is 0 Å². The molecule has 13 N–H and O–H groups in total. The molecule has 0 radical (unpaired) electrons. The standard InChI is InChI=1S/C49H74N10O14S/c1-7-25(2)40-45(69)52-20-38(64)53-34-24-74(72)47-30(29-13-12-28(17-31(29)56-47)73-15-11-9-8-10-14-49(4,5)6)18-32(42(66)51-21-39(65)57-40)54-46(70)41(26(3)36(62)23-60)58-44(68)35-16-27(61)22-59(35)48(71)33(19-37(50)63)55-43(34)67/h12-13,17,25-27,32-36,40-41,56,60-62H,7-11,14-16,18-24H2,1-6H3,(H2,50,63)(H,51,66)(H,52,69)(H,53,64)(H,54,70)(H,55,67)(H,57,65)(H,58,68)/t25-,26-,27+,32-,33-,34-,35-,36-,40-,41-,74?/m0/s1. The van der Waals surface area contributed by atoms with Crippen LogP contribution in [0, 0.1) is 17.3 Å². The number of nitrogens with two attached hydrogens (primary N) is 1. The third-order valence-corrected chi connectivity index (χ3v) is 15.0. The highest BCUT2D eigenvalue weighted by molar-refractivity contribution is 7.85. The van der Waals surface area contributed by atoms with E-state index in [0.29, 0.717) is 29.7 Å². The van der Waals surface area contributed by atoms with Crippen LogP contribution in [-0.2, 0) is 60.4 Å². The van der Waals surface area contributed by atoms with Crippen molar-refractivity contribution < 1.29 is 67.4 Å². The number of aromatic amines is 1. The molecule has 0 spiro atoms. The zero-order valence-electron chi connectivity index (χ0n) is 42.9. The molecule has 11 atom stereocenters. The third kappa shape index (κ3) is 15.9. The Balaban J connectivity index is 1.68. The molecular weight excluding hydrogens is 985 g/mol. The summed E-state index contributed by atoms with van der Waals surface area (Å²) >= 11 is 0. The first-order valence-corrected chi connectivity index (χ1v) is 26.5. The number of hydrogen-bond donors (Lipinski definition) is 12. The van der Waals surface area contributed by atoms with Crippen molar-refractivity contribution >= 4 is 74.9 Å². The summed E-state index contributed by atoms with van der Waals surface area (Å²) in [7, 11) is -2.36. The average molecular weight is 1060 g/mol. The number of amides is 9. The largest absolute Gasteiger partial charge is 0.494 e. The van der Waals surface area contributed by atoms with E-state index in [9.17, 15) is 62.7 Å². The molecule has 0 saturated carbocycles. The first-order chi connectivity index (χ1) is 34.9. The molecule has 5 rings (SSSR count). The van der Waals surface area contributed by atoms with Gasteiger partial charge in [0, 0.05) is 36.8 Å². The zero-order valence-corrected chi connectivity index (χ0v) is 43.7. The van der Waals surface area contributed by atoms with Crippen LogP contribution in [0.25, 0.3) is 10.9 Å². The van der Waals surface area contributed by atoms with Crippen LogP contribution in [-0.4, -0.2) is 170 Å². The topological polar surface area (TPSA) is 370 Å². The van der Waals surface area contributed by atoms with Crippen LogP contribution in [0.3, 0.4) is 0 Å². The predicted molar refractivity (Wildman–Crippen MR) is 269 cm³/mol. The van der Waals surface area contributed by atoms with Crippen LogP contribution in [0.5, 0.6) is 5.75 Å². The number of fused-ring (bicyclic) bond motifs is 5. The highest BCUT2D eigenvalue weighted by Gasteiger charge is 2.45. The minimum absolute atomic E-state index is 0.0904. The number of unbranched alkanes of at least 4 members (excludes halogenated alkanes) is 3. The number of rotatable bonds is 14. The van der Waals surface area contributed by atoms with E-state index in [1.807, 2.05) is 0 Å². The van der Waals surface area contributed by atoms with Gasteiger partial charge in [-0.15, -0.1) is 0 Å². The van der Waals surface area contributed by atoms with Crippen molar-refractivity contribution in [2.45, 2.75) is 153 Å². The van der Waals surface area contributed by atoms with Gasteiger partial charge < -0.3 is 72.9 Å². The van der Waals surface area contributed by atoms with E-state index in [1.165, 1.54) is 6.92 Å². The Labute approximate surface area is 432 Å². The Morgan fingerprint density at radius 1 is 0.851 bits per heavy atom. The van der Waals surface area contributed by atoms with Gasteiger partial charge >= 0.3 is 0 Å². The number of H-pyrrole nitrogens is 1. The molecule has 4 heterocycles. The maximum absolute atomic E-state index is 15.0. The lowest BCUT2D eigenvalue weighted by Crippen LogP contribution is -2.62. The number of ether oxygens (including phenoxy) is 1. The molecule has 1 fully saturated rings. The summed E-state index contributed by atoms with van der Waals surface area (Å²) in [4.78, 5) is 129. The normalized spacial score (nSPS) is 26.5. The molecule has 74 heavy (non-hydrogen) atoms. The maximum Gasteiger partial charge on any atom is 0.246 e. The van der Waals surface area contributed by atoms with Gasteiger partial charge in [-0.05, 0) is 41.9 Å². The molecule has 1 aromatic heterocycles. The van der Waals surface area contributed by atoms with Crippen molar-refractivity contribution in [3.63, 3.8) is 0 Å². The Morgan fingerprint density at radius 3 is 2.19 bits per heavy atom. The number of primary amides is 1. The molecule has 24 nitrogen and oxygen atoms in total. The molecule has 1 saturated heterocycles. The monoisotopic (exact) mass is 1060 g/mol. The Bertz CT molecular complexity index is 2430. The van der Waals surface area contributed by atoms with Crippen molar-refractivity contribution in [3.8, 4) is 5.75 Å². The number of nitrogens with zero attached hydrogens (tertiary/aromatic N) is 1. The highest BCUT2D eigenvalue weighted by atomic mass is 32.2. The van der Waals surface area contributed by atoms with Gasteiger partial charge in [0.25, 0.3) is 0 Å². The minimum atomic E-state index is -2.36. The number of nitrogens with one attached hydrogen (secondary N) is 8. The molecular formula is C49H74N10O14S. The van der Waals surface area contributed by atoms with Gasteiger partial charge in [0.15, 0.2) is 0 Å².